The highest BCUT2D eigenvalue weighted by molar-refractivity contribution is 7.99. The Labute approximate surface area is 284 Å². The molecule has 5 heterocycles. The molecule has 3 aromatic carbocycles. The SMILES string of the molecule is COc1cc2c(cc1N)CCN1CC3c4c5c(c(C)c(OC(C)=O)c4C(SCC21)C1C(c2ccc(C)c(OC)c2O)NCCN31)OCO5. The van der Waals surface area contributed by atoms with Gasteiger partial charge in [-0.2, -0.15) is 0 Å². The maximum absolute atomic E-state index is 12.7. The number of hydrogen-bond acceptors (Lipinski definition) is 12. The van der Waals surface area contributed by atoms with Crippen LogP contribution in [0.25, 0.3) is 0 Å². The number of nitrogens with two attached hydrogens (primary N) is 1. The van der Waals surface area contributed by atoms with Crippen molar-refractivity contribution in [1.82, 2.24) is 15.1 Å². The standard InChI is InChI=1S/C36H42N4O7S/c1-17-6-7-21(31(42)32(17)44-5)29-30-36-28-27(35-34(45-16-46-35)18(2)33(28)47-19(3)41)24(40(30)11-9-38-29)14-39-10-8-20-12-23(37)26(43-4)13-22(20)25(39)15-48-36/h6-7,12-13,24-25,29-30,36,38,42H,8-11,14-16,37H2,1-5H3. The van der Waals surface area contributed by atoms with Crippen molar-refractivity contribution in [2.45, 2.75) is 56.6 Å². The molecule has 0 aromatic heterocycles. The summed E-state index contributed by atoms with van der Waals surface area (Å²) in [6.07, 6.45) is 0.878. The molecule has 254 valence electrons. The number of thioether (sulfide) groups is 1. The van der Waals surface area contributed by atoms with E-state index in [0.717, 1.165) is 71.9 Å². The Hall–Kier alpha value is -3.84. The number of aryl methyl sites for hydroxylation is 1. The minimum absolute atomic E-state index is 0.101. The first-order valence-corrected chi connectivity index (χ1v) is 17.6. The fraction of sp³-hybridized carbons (Fsp3) is 0.472. The number of ether oxygens (including phenoxy) is 5. The number of fused-ring (bicyclic) bond motifs is 7. The number of hydrogen-bond donors (Lipinski definition) is 3. The van der Waals surface area contributed by atoms with E-state index < -0.39 is 0 Å². The van der Waals surface area contributed by atoms with Crippen molar-refractivity contribution >= 4 is 23.4 Å². The molecule has 8 rings (SSSR count). The molecule has 1 saturated heterocycles. The van der Waals surface area contributed by atoms with Gasteiger partial charge in [-0.1, -0.05) is 12.1 Å². The van der Waals surface area contributed by atoms with E-state index >= 15 is 0 Å². The highest BCUT2D eigenvalue weighted by Crippen LogP contribution is 2.62. The topological polar surface area (TPSA) is 128 Å². The number of phenolic OH excluding ortho intramolecular Hbond substituents is 1. The monoisotopic (exact) mass is 674 g/mol. The molecule has 5 aliphatic heterocycles. The second-order valence-electron chi connectivity index (χ2n) is 13.3. The van der Waals surface area contributed by atoms with Gasteiger partial charge in [-0.05, 0) is 49.1 Å². The Morgan fingerprint density at radius 1 is 1.04 bits per heavy atom. The Morgan fingerprint density at radius 3 is 2.62 bits per heavy atom. The van der Waals surface area contributed by atoms with Gasteiger partial charge in [0.15, 0.2) is 23.0 Å². The molecule has 1 fully saturated rings. The van der Waals surface area contributed by atoms with E-state index in [-0.39, 0.29) is 47.9 Å². The van der Waals surface area contributed by atoms with E-state index in [1.165, 1.54) is 18.1 Å². The lowest BCUT2D eigenvalue weighted by atomic mass is 9.79. The number of phenols is 1. The van der Waals surface area contributed by atoms with Crippen LogP contribution in [0.15, 0.2) is 24.3 Å². The molecule has 5 atom stereocenters. The van der Waals surface area contributed by atoms with Gasteiger partial charge in [0.05, 0.1) is 37.2 Å². The number of carbonyl (C=O) groups excluding carboxylic acids is 1. The normalized spacial score (nSPS) is 25.9. The van der Waals surface area contributed by atoms with Crippen molar-refractivity contribution in [3.05, 3.63) is 63.2 Å². The van der Waals surface area contributed by atoms with Crippen molar-refractivity contribution in [1.29, 1.82) is 0 Å². The molecule has 0 amide bonds. The number of aromatic hydroxyl groups is 1. The average Bonchev–Trinajstić information content (AvgIpc) is 3.59. The summed E-state index contributed by atoms with van der Waals surface area (Å²) in [6.45, 7) is 8.55. The molecule has 0 saturated carbocycles. The van der Waals surface area contributed by atoms with Crippen LogP contribution in [-0.4, -0.2) is 79.9 Å². The van der Waals surface area contributed by atoms with Crippen molar-refractivity contribution in [2.24, 2.45) is 0 Å². The lowest BCUT2D eigenvalue weighted by molar-refractivity contribution is -0.132. The van der Waals surface area contributed by atoms with Gasteiger partial charge in [-0.25, -0.2) is 0 Å². The number of nitrogens with one attached hydrogen (secondary N) is 1. The van der Waals surface area contributed by atoms with E-state index in [1.807, 2.05) is 37.7 Å². The number of benzene rings is 3. The smallest absolute Gasteiger partial charge is 0.308 e. The van der Waals surface area contributed by atoms with Gasteiger partial charge >= 0.3 is 5.97 Å². The van der Waals surface area contributed by atoms with Gasteiger partial charge in [0.2, 0.25) is 6.79 Å². The van der Waals surface area contributed by atoms with E-state index in [1.54, 1.807) is 14.2 Å². The van der Waals surface area contributed by atoms with Crippen LogP contribution in [0.2, 0.25) is 0 Å². The number of methoxy groups -OCH3 is 2. The minimum atomic E-state index is -0.382. The third-order valence-electron chi connectivity index (χ3n) is 10.8. The molecule has 2 bridgehead atoms. The molecule has 0 radical (unpaired) electrons. The van der Waals surface area contributed by atoms with E-state index in [0.29, 0.717) is 28.7 Å². The summed E-state index contributed by atoms with van der Waals surface area (Å²) >= 11 is 1.86. The van der Waals surface area contributed by atoms with Gasteiger partial charge in [0, 0.05) is 73.2 Å². The van der Waals surface area contributed by atoms with Crippen LogP contribution in [0, 0.1) is 13.8 Å². The second-order valence-corrected chi connectivity index (χ2v) is 14.5. The van der Waals surface area contributed by atoms with Gasteiger partial charge in [0.1, 0.15) is 11.5 Å². The van der Waals surface area contributed by atoms with E-state index in [9.17, 15) is 9.90 Å². The lowest BCUT2D eigenvalue weighted by Crippen LogP contribution is -2.59. The fourth-order valence-corrected chi connectivity index (χ4v) is 10.4. The summed E-state index contributed by atoms with van der Waals surface area (Å²) in [6, 6.07) is 7.87. The summed E-state index contributed by atoms with van der Waals surface area (Å²) in [5.74, 6) is 3.65. The number of esters is 1. The zero-order valence-corrected chi connectivity index (χ0v) is 28.7. The highest BCUT2D eigenvalue weighted by atomic mass is 32.2. The van der Waals surface area contributed by atoms with Crippen molar-refractivity contribution in [3.8, 4) is 34.5 Å². The van der Waals surface area contributed by atoms with Crippen molar-refractivity contribution < 1.29 is 33.6 Å². The molecule has 0 aliphatic carbocycles. The zero-order chi connectivity index (χ0) is 33.4. The Kier molecular flexibility index (Phi) is 7.82. The molecule has 5 unspecified atom stereocenters. The van der Waals surface area contributed by atoms with Gasteiger partial charge < -0.3 is 39.8 Å². The molecule has 11 nitrogen and oxygen atoms in total. The fourth-order valence-electron chi connectivity index (χ4n) is 8.73. The molecule has 48 heavy (non-hydrogen) atoms. The molecule has 5 aliphatic rings. The number of rotatable bonds is 4. The largest absolute Gasteiger partial charge is 0.504 e. The predicted octanol–water partition coefficient (Wildman–Crippen LogP) is 4.72. The summed E-state index contributed by atoms with van der Waals surface area (Å²) in [5.41, 5.74) is 13.9. The number of nitrogens with zero attached hydrogens (tertiary/aromatic N) is 2. The first-order chi connectivity index (χ1) is 23.2. The summed E-state index contributed by atoms with van der Waals surface area (Å²) in [5, 5.41) is 15.2. The molecule has 12 heteroatoms. The zero-order valence-electron chi connectivity index (χ0n) is 27.9. The van der Waals surface area contributed by atoms with Crippen LogP contribution in [0.5, 0.6) is 34.5 Å². The summed E-state index contributed by atoms with van der Waals surface area (Å²) in [7, 11) is 3.25. The van der Waals surface area contributed by atoms with Crippen LogP contribution in [0.3, 0.4) is 0 Å². The van der Waals surface area contributed by atoms with Crippen LogP contribution in [0.4, 0.5) is 5.69 Å². The van der Waals surface area contributed by atoms with Gasteiger partial charge in [0.25, 0.3) is 0 Å². The van der Waals surface area contributed by atoms with Crippen LogP contribution < -0.4 is 34.7 Å². The van der Waals surface area contributed by atoms with Crippen LogP contribution in [-0.2, 0) is 11.2 Å². The Morgan fingerprint density at radius 2 is 1.85 bits per heavy atom. The Balaban J connectivity index is 1.35. The summed E-state index contributed by atoms with van der Waals surface area (Å²) in [4.78, 5) is 17.9. The van der Waals surface area contributed by atoms with Crippen molar-refractivity contribution in [2.75, 3.05) is 58.7 Å². The van der Waals surface area contributed by atoms with E-state index in [2.05, 4.69) is 27.2 Å². The third-order valence-corrected chi connectivity index (χ3v) is 12.2. The van der Waals surface area contributed by atoms with Crippen LogP contribution >= 0.6 is 11.8 Å². The highest BCUT2D eigenvalue weighted by Gasteiger charge is 2.53. The molecular weight excluding hydrogens is 632 g/mol. The number of carbonyl (C=O) groups is 1. The van der Waals surface area contributed by atoms with E-state index in [4.69, 9.17) is 29.4 Å². The number of piperazine rings is 1. The van der Waals surface area contributed by atoms with Crippen molar-refractivity contribution in [3.63, 3.8) is 0 Å². The average molecular weight is 675 g/mol. The maximum atomic E-state index is 12.7. The molecule has 3 aromatic rings. The lowest BCUT2D eigenvalue weighted by Gasteiger charge is -2.53. The van der Waals surface area contributed by atoms with Gasteiger partial charge in [-0.15, -0.1) is 11.8 Å². The molecular formula is C36H42N4O7S. The molecule has 0 spiro atoms. The number of anilines is 1. The summed E-state index contributed by atoms with van der Waals surface area (Å²) < 4.78 is 29.9. The third kappa shape index (κ3) is 4.71. The predicted molar refractivity (Wildman–Crippen MR) is 183 cm³/mol. The minimum Gasteiger partial charge on any atom is -0.504 e. The van der Waals surface area contributed by atoms with Gasteiger partial charge in [-0.3, -0.25) is 14.6 Å². The maximum Gasteiger partial charge on any atom is 0.308 e. The first kappa shape index (κ1) is 31.4. The first-order valence-electron chi connectivity index (χ1n) is 16.5. The number of nitrogen functional groups attached to an aromatic ring is 1. The molecule has 4 N–H and O–H groups in total. The second kappa shape index (κ2) is 11.9. The van der Waals surface area contributed by atoms with Crippen LogP contribution in [0.1, 0.15) is 69.2 Å². The quantitative estimate of drug-likeness (QED) is 0.201. The Bertz CT molecular complexity index is 1820.